The van der Waals surface area contributed by atoms with Crippen molar-refractivity contribution < 1.29 is 34.1 Å². The van der Waals surface area contributed by atoms with Gasteiger partial charge in [-0.15, -0.1) is 0 Å². The molecule has 2 spiro atoms. The van der Waals surface area contributed by atoms with Gasteiger partial charge in [0.1, 0.15) is 23.4 Å². The topological polar surface area (TPSA) is 110 Å². The maximum absolute atomic E-state index is 14.0. The lowest BCUT2D eigenvalue weighted by Crippen LogP contribution is -2.85. The second-order valence-electron chi connectivity index (χ2n) is 11.5. The summed E-state index contributed by atoms with van der Waals surface area (Å²) in [5.41, 5.74) is -2.76. The predicted octanol–water partition coefficient (Wildman–Crippen LogP) is 2.45. The number of carbonyl (C=O) groups excluding carboxylic acids is 3. The molecule has 180 valence electrons. The fourth-order valence-electron chi connectivity index (χ4n) is 8.52. The minimum Gasteiger partial charge on any atom is -0.457 e. The second kappa shape index (κ2) is 6.65. The molecule has 7 heteroatoms. The van der Waals surface area contributed by atoms with E-state index in [2.05, 4.69) is 6.58 Å². The zero-order valence-electron chi connectivity index (χ0n) is 19.5. The van der Waals surface area contributed by atoms with Crippen LogP contribution in [0.25, 0.3) is 0 Å². The molecule has 4 aliphatic carbocycles. The van der Waals surface area contributed by atoms with Crippen molar-refractivity contribution in [3.05, 3.63) is 48.0 Å². The molecule has 1 aromatic rings. The third kappa shape index (κ3) is 2.22. The quantitative estimate of drug-likeness (QED) is 0.509. The Hall–Kier alpha value is -2.35. The predicted molar refractivity (Wildman–Crippen MR) is 119 cm³/mol. The standard InChI is InChI=1S/C27H30O7/c1-14-16-9-10-17-25-13-33-27(32,21(30)19(25)24(2,3)12-11-18(25)28)26(17,20(14)29)22(16)34-23(31)15-7-5-4-6-8-15/h4-8,16-17,19,21-22,30,32H,1,9-13H2,2-3H3/t16-,17-,19+,21-,22+,25+,26-,27+/m0/s1. The fourth-order valence-corrected chi connectivity index (χ4v) is 8.52. The van der Waals surface area contributed by atoms with Gasteiger partial charge in [-0.3, -0.25) is 9.59 Å². The van der Waals surface area contributed by atoms with Crippen molar-refractivity contribution in [2.45, 2.75) is 57.5 Å². The number of rotatable bonds is 2. The maximum atomic E-state index is 14.0. The van der Waals surface area contributed by atoms with Crippen LogP contribution in [-0.2, 0) is 19.1 Å². The molecule has 2 N–H and O–H groups in total. The Bertz CT molecular complexity index is 1130. The number of fused-ring (bicyclic) bond motifs is 2. The first-order valence-electron chi connectivity index (χ1n) is 12.1. The van der Waals surface area contributed by atoms with Crippen LogP contribution >= 0.6 is 0 Å². The van der Waals surface area contributed by atoms with Crippen LogP contribution in [0, 0.1) is 34.0 Å². The Balaban J connectivity index is 1.55. The van der Waals surface area contributed by atoms with Crippen LogP contribution in [0.4, 0.5) is 0 Å². The van der Waals surface area contributed by atoms with E-state index >= 15 is 0 Å². The molecule has 34 heavy (non-hydrogen) atoms. The van der Waals surface area contributed by atoms with Crippen LogP contribution in [0.3, 0.4) is 0 Å². The van der Waals surface area contributed by atoms with Crippen LogP contribution in [0.5, 0.6) is 0 Å². The lowest BCUT2D eigenvalue weighted by atomic mass is 9.36. The number of ether oxygens (including phenoxy) is 2. The van der Waals surface area contributed by atoms with Crippen molar-refractivity contribution in [1.82, 2.24) is 0 Å². The highest BCUT2D eigenvalue weighted by Gasteiger charge is 2.88. The number of benzene rings is 1. The van der Waals surface area contributed by atoms with Gasteiger partial charge in [0, 0.05) is 18.3 Å². The number of esters is 1. The molecule has 4 bridgehead atoms. The average Bonchev–Trinajstić information content (AvgIpc) is 2.93. The van der Waals surface area contributed by atoms with Gasteiger partial charge in [0.25, 0.3) is 0 Å². The Morgan fingerprint density at radius 3 is 2.59 bits per heavy atom. The first-order valence-corrected chi connectivity index (χ1v) is 12.1. The lowest BCUT2D eigenvalue weighted by Gasteiger charge is -2.72. The van der Waals surface area contributed by atoms with Crippen LogP contribution < -0.4 is 0 Å². The molecule has 0 radical (unpaired) electrons. The van der Waals surface area contributed by atoms with Gasteiger partial charge in [-0.25, -0.2) is 4.79 Å². The first kappa shape index (κ1) is 22.1. The Morgan fingerprint density at radius 1 is 1.18 bits per heavy atom. The van der Waals surface area contributed by atoms with Gasteiger partial charge in [0.05, 0.1) is 17.6 Å². The highest BCUT2D eigenvalue weighted by molar-refractivity contribution is 6.06. The number of hydrogen-bond donors (Lipinski definition) is 2. The van der Waals surface area contributed by atoms with Gasteiger partial charge in [-0.05, 0) is 48.3 Å². The minimum atomic E-state index is -2.28. The number of hydrogen-bond acceptors (Lipinski definition) is 7. The normalized spacial score (nSPS) is 46.1. The van der Waals surface area contributed by atoms with Crippen molar-refractivity contribution in [1.29, 1.82) is 0 Å². The lowest BCUT2D eigenvalue weighted by molar-refractivity contribution is -0.436. The zero-order chi connectivity index (χ0) is 24.3. The summed E-state index contributed by atoms with van der Waals surface area (Å²) in [4.78, 5) is 40.8. The molecule has 0 unspecified atom stereocenters. The molecule has 2 aliphatic heterocycles. The molecule has 1 aromatic carbocycles. The monoisotopic (exact) mass is 466 g/mol. The van der Waals surface area contributed by atoms with Crippen molar-refractivity contribution in [3.63, 3.8) is 0 Å². The summed E-state index contributed by atoms with van der Waals surface area (Å²) in [7, 11) is 0. The van der Waals surface area contributed by atoms with Crippen LogP contribution in [0.1, 0.15) is 49.9 Å². The summed E-state index contributed by atoms with van der Waals surface area (Å²) in [6.45, 7) is 7.96. The van der Waals surface area contributed by atoms with Gasteiger partial charge in [0.2, 0.25) is 5.79 Å². The third-order valence-corrected chi connectivity index (χ3v) is 9.86. The van der Waals surface area contributed by atoms with Gasteiger partial charge < -0.3 is 19.7 Å². The average molecular weight is 467 g/mol. The van der Waals surface area contributed by atoms with E-state index in [1.165, 1.54) is 0 Å². The van der Waals surface area contributed by atoms with Crippen molar-refractivity contribution in [2.75, 3.05) is 6.61 Å². The van der Waals surface area contributed by atoms with Gasteiger partial charge in [-0.2, -0.15) is 0 Å². The van der Waals surface area contributed by atoms with E-state index in [0.29, 0.717) is 31.2 Å². The maximum Gasteiger partial charge on any atom is 0.338 e. The summed E-state index contributed by atoms with van der Waals surface area (Å²) < 4.78 is 12.0. The van der Waals surface area contributed by atoms with E-state index in [4.69, 9.17) is 9.47 Å². The van der Waals surface area contributed by atoms with E-state index in [9.17, 15) is 24.6 Å². The van der Waals surface area contributed by atoms with Crippen LogP contribution in [-0.4, -0.2) is 52.4 Å². The summed E-state index contributed by atoms with van der Waals surface area (Å²) in [5.74, 6) is -5.09. The molecule has 0 amide bonds. The molecular weight excluding hydrogens is 436 g/mol. The molecular formula is C27H30O7. The number of carbonyl (C=O) groups is 3. The molecule has 7 rings (SSSR count). The van der Waals surface area contributed by atoms with E-state index in [0.717, 1.165) is 0 Å². The van der Waals surface area contributed by atoms with Crippen molar-refractivity contribution >= 4 is 17.5 Å². The fraction of sp³-hybridized carbons (Fsp3) is 0.593. The highest BCUT2D eigenvalue weighted by Crippen LogP contribution is 2.76. The first-order chi connectivity index (χ1) is 16.0. The molecule has 4 saturated carbocycles. The van der Waals surface area contributed by atoms with E-state index in [1.807, 2.05) is 13.8 Å². The molecule has 6 aliphatic rings. The number of aliphatic hydroxyl groups excluding tert-OH is 1. The number of ketones is 2. The zero-order valence-corrected chi connectivity index (χ0v) is 19.5. The van der Waals surface area contributed by atoms with Gasteiger partial charge in [-0.1, -0.05) is 38.6 Å². The van der Waals surface area contributed by atoms with Crippen LogP contribution in [0.2, 0.25) is 0 Å². The summed E-state index contributed by atoms with van der Waals surface area (Å²) in [6, 6.07) is 8.45. The summed E-state index contributed by atoms with van der Waals surface area (Å²) >= 11 is 0. The van der Waals surface area contributed by atoms with Gasteiger partial charge >= 0.3 is 5.97 Å². The summed E-state index contributed by atoms with van der Waals surface area (Å²) in [5, 5.41) is 23.8. The second-order valence-corrected chi connectivity index (χ2v) is 11.5. The minimum absolute atomic E-state index is 0.0427. The largest absolute Gasteiger partial charge is 0.457 e. The van der Waals surface area contributed by atoms with E-state index in [1.54, 1.807) is 30.3 Å². The van der Waals surface area contributed by atoms with Crippen molar-refractivity contribution in [2.24, 2.45) is 34.0 Å². The molecule has 0 aromatic heterocycles. The SMILES string of the molecule is C=C1C(=O)[C@]23[C@H](OC(=O)c4ccccc4)[C@H]1CC[C@H]2[C@@]12CO[C@]3(O)[C@@H](O)[C@@H]1C(C)(C)CCC2=O. The summed E-state index contributed by atoms with van der Waals surface area (Å²) in [6.07, 6.45) is -0.653. The molecule has 2 saturated heterocycles. The molecule has 7 nitrogen and oxygen atoms in total. The van der Waals surface area contributed by atoms with E-state index in [-0.39, 0.29) is 18.0 Å². The Labute approximate surface area is 198 Å². The van der Waals surface area contributed by atoms with E-state index < -0.39 is 63.7 Å². The van der Waals surface area contributed by atoms with Crippen molar-refractivity contribution in [3.8, 4) is 0 Å². The Morgan fingerprint density at radius 2 is 1.88 bits per heavy atom. The molecule has 6 fully saturated rings. The number of Topliss-reactive ketones (excluding diaryl/α,β-unsaturated/α-hetero) is 2. The molecule has 2 heterocycles. The smallest absolute Gasteiger partial charge is 0.338 e. The number of aliphatic hydroxyl groups is 2. The van der Waals surface area contributed by atoms with Crippen LogP contribution in [0.15, 0.2) is 42.5 Å². The Kier molecular flexibility index (Phi) is 4.33. The highest BCUT2D eigenvalue weighted by atomic mass is 16.6. The third-order valence-electron chi connectivity index (χ3n) is 9.86. The van der Waals surface area contributed by atoms with Gasteiger partial charge in [0.15, 0.2) is 5.78 Å². The molecule has 8 atom stereocenters.